The van der Waals surface area contributed by atoms with Gasteiger partial charge in [-0.1, -0.05) is 30.3 Å². The first-order chi connectivity index (χ1) is 9.20. The second kappa shape index (κ2) is 6.57. The molecule has 0 aliphatic heterocycles. The molecule has 0 amide bonds. The van der Waals surface area contributed by atoms with Crippen molar-refractivity contribution < 1.29 is 10.2 Å². The molecule has 19 heavy (non-hydrogen) atoms. The molecule has 0 radical (unpaired) electrons. The third-order valence-electron chi connectivity index (χ3n) is 2.84. The van der Waals surface area contributed by atoms with Crippen LogP contribution in [0.15, 0.2) is 54.6 Å². The van der Waals surface area contributed by atoms with E-state index in [1.807, 2.05) is 42.5 Å². The molecule has 4 heteroatoms. The van der Waals surface area contributed by atoms with Gasteiger partial charge in [0.25, 0.3) is 0 Å². The highest BCUT2D eigenvalue weighted by atomic mass is 35.5. The van der Waals surface area contributed by atoms with Gasteiger partial charge in [0.15, 0.2) is 0 Å². The molecule has 2 aromatic carbocycles. The predicted molar refractivity (Wildman–Crippen MR) is 77.9 cm³/mol. The lowest BCUT2D eigenvalue weighted by Crippen LogP contribution is -2.19. The van der Waals surface area contributed by atoms with Crippen molar-refractivity contribution in [3.05, 3.63) is 60.2 Å². The molecule has 0 saturated heterocycles. The van der Waals surface area contributed by atoms with E-state index in [1.165, 1.54) is 0 Å². The lowest BCUT2D eigenvalue weighted by Gasteiger charge is -2.16. The molecule has 0 spiro atoms. The molecule has 0 heterocycles. The summed E-state index contributed by atoms with van der Waals surface area (Å²) in [6.45, 7) is 0. The van der Waals surface area contributed by atoms with Gasteiger partial charge in [-0.25, -0.2) is 0 Å². The topological polar surface area (TPSA) is 52.5 Å². The SMILES string of the molecule is OC(CCl)C(O)c1ccc(Nc2ccccc2)cc1. The molecule has 0 fully saturated rings. The summed E-state index contributed by atoms with van der Waals surface area (Å²) in [7, 11) is 0. The summed E-state index contributed by atoms with van der Waals surface area (Å²) >= 11 is 5.51. The number of nitrogens with one attached hydrogen (secondary N) is 1. The summed E-state index contributed by atoms with van der Waals surface area (Å²) in [4.78, 5) is 0. The van der Waals surface area contributed by atoms with Crippen LogP contribution in [0.25, 0.3) is 0 Å². The minimum absolute atomic E-state index is 0.00514. The van der Waals surface area contributed by atoms with E-state index in [0.29, 0.717) is 5.56 Å². The number of para-hydroxylation sites is 1. The van der Waals surface area contributed by atoms with E-state index in [-0.39, 0.29) is 5.88 Å². The maximum atomic E-state index is 9.81. The average molecular weight is 278 g/mol. The molecule has 2 aromatic rings. The van der Waals surface area contributed by atoms with Crippen LogP contribution >= 0.6 is 11.6 Å². The summed E-state index contributed by atoms with van der Waals surface area (Å²) in [5.41, 5.74) is 2.56. The van der Waals surface area contributed by atoms with E-state index < -0.39 is 12.2 Å². The molecule has 0 aliphatic rings. The normalized spacial score (nSPS) is 13.8. The first kappa shape index (κ1) is 13.9. The Kier molecular flexibility index (Phi) is 4.80. The maximum Gasteiger partial charge on any atom is 0.106 e. The first-order valence-electron chi connectivity index (χ1n) is 6.05. The average Bonchev–Trinajstić information content (AvgIpc) is 2.47. The summed E-state index contributed by atoms with van der Waals surface area (Å²) < 4.78 is 0. The van der Waals surface area contributed by atoms with Gasteiger partial charge in [0, 0.05) is 11.4 Å². The zero-order valence-corrected chi connectivity index (χ0v) is 11.1. The number of anilines is 2. The molecule has 3 N–H and O–H groups in total. The highest BCUT2D eigenvalue weighted by Gasteiger charge is 2.16. The Bertz CT molecular complexity index is 501. The van der Waals surface area contributed by atoms with Gasteiger partial charge in [0.2, 0.25) is 0 Å². The van der Waals surface area contributed by atoms with Gasteiger partial charge in [-0.15, -0.1) is 11.6 Å². The fourth-order valence-corrected chi connectivity index (χ4v) is 1.93. The Hall–Kier alpha value is -1.55. The highest BCUT2D eigenvalue weighted by molar-refractivity contribution is 6.18. The third kappa shape index (κ3) is 3.70. The summed E-state index contributed by atoms with van der Waals surface area (Å²) in [5.74, 6) is 0.00514. The van der Waals surface area contributed by atoms with Crippen LogP contribution in [0, 0.1) is 0 Å². The zero-order chi connectivity index (χ0) is 13.7. The van der Waals surface area contributed by atoms with E-state index in [4.69, 9.17) is 11.6 Å². The Labute approximate surface area is 117 Å². The lowest BCUT2D eigenvalue weighted by molar-refractivity contribution is 0.0327. The van der Waals surface area contributed by atoms with Crippen LogP contribution in [0.2, 0.25) is 0 Å². The van der Waals surface area contributed by atoms with Crippen molar-refractivity contribution in [2.24, 2.45) is 0 Å². The minimum Gasteiger partial charge on any atom is -0.389 e. The number of alkyl halides is 1. The standard InChI is InChI=1S/C15H16ClNO2/c16-10-14(18)15(19)11-6-8-13(9-7-11)17-12-4-2-1-3-5-12/h1-9,14-15,17-19H,10H2. The number of halogens is 1. The fraction of sp³-hybridized carbons (Fsp3) is 0.200. The highest BCUT2D eigenvalue weighted by Crippen LogP contribution is 2.22. The number of rotatable bonds is 5. The van der Waals surface area contributed by atoms with E-state index in [1.54, 1.807) is 12.1 Å². The van der Waals surface area contributed by atoms with Crippen LogP contribution in [-0.4, -0.2) is 22.2 Å². The Morgan fingerprint density at radius 1 is 0.895 bits per heavy atom. The van der Waals surface area contributed by atoms with Gasteiger partial charge in [-0.2, -0.15) is 0 Å². The minimum atomic E-state index is -0.955. The third-order valence-corrected chi connectivity index (χ3v) is 3.15. The molecule has 2 rings (SSSR count). The molecule has 100 valence electrons. The fourth-order valence-electron chi connectivity index (χ4n) is 1.76. The van der Waals surface area contributed by atoms with Gasteiger partial charge in [-0.05, 0) is 29.8 Å². The smallest absolute Gasteiger partial charge is 0.106 e. The van der Waals surface area contributed by atoms with Crippen molar-refractivity contribution in [2.75, 3.05) is 11.2 Å². The molecule has 0 saturated carbocycles. The van der Waals surface area contributed by atoms with Crippen molar-refractivity contribution in [3.63, 3.8) is 0 Å². The van der Waals surface area contributed by atoms with Crippen molar-refractivity contribution in [3.8, 4) is 0 Å². The van der Waals surface area contributed by atoms with Crippen molar-refractivity contribution >= 4 is 23.0 Å². The quantitative estimate of drug-likeness (QED) is 0.736. The second-order valence-electron chi connectivity index (χ2n) is 4.28. The monoisotopic (exact) mass is 277 g/mol. The molecule has 2 unspecified atom stereocenters. The van der Waals surface area contributed by atoms with Gasteiger partial charge in [-0.3, -0.25) is 0 Å². The van der Waals surface area contributed by atoms with Crippen molar-refractivity contribution in [1.29, 1.82) is 0 Å². The Morgan fingerprint density at radius 3 is 2.05 bits per heavy atom. The molecule has 0 aromatic heterocycles. The van der Waals surface area contributed by atoms with E-state index >= 15 is 0 Å². The van der Waals surface area contributed by atoms with Crippen molar-refractivity contribution in [1.82, 2.24) is 0 Å². The second-order valence-corrected chi connectivity index (χ2v) is 4.59. The van der Waals surface area contributed by atoms with Crippen LogP contribution in [0.4, 0.5) is 11.4 Å². The van der Waals surface area contributed by atoms with E-state index in [2.05, 4.69) is 5.32 Å². The number of aliphatic hydroxyl groups excluding tert-OH is 2. The van der Waals surface area contributed by atoms with E-state index in [9.17, 15) is 10.2 Å². The van der Waals surface area contributed by atoms with Crippen LogP contribution < -0.4 is 5.32 Å². The largest absolute Gasteiger partial charge is 0.389 e. The predicted octanol–water partition coefficient (Wildman–Crippen LogP) is 3.06. The summed E-state index contributed by atoms with van der Waals surface area (Å²) in [6, 6.07) is 17.1. The Balaban J connectivity index is 2.06. The van der Waals surface area contributed by atoms with E-state index in [0.717, 1.165) is 11.4 Å². The molecule has 0 bridgehead atoms. The zero-order valence-electron chi connectivity index (χ0n) is 10.3. The molecule has 0 aliphatic carbocycles. The molecule has 3 nitrogen and oxygen atoms in total. The van der Waals surface area contributed by atoms with Gasteiger partial charge in [0.05, 0.1) is 12.0 Å². The molecule has 2 atom stereocenters. The number of benzene rings is 2. The van der Waals surface area contributed by atoms with Gasteiger partial charge < -0.3 is 15.5 Å². The Morgan fingerprint density at radius 2 is 1.47 bits per heavy atom. The van der Waals surface area contributed by atoms with Crippen LogP contribution in [0.1, 0.15) is 11.7 Å². The number of hydrogen-bond acceptors (Lipinski definition) is 3. The summed E-state index contributed by atoms with van der Waals surface area (Å²) in [6.07, 6.45) is -1.90. The number of hydrogen-bond donors (Lipinski definition) is 3. The van der Waals surface area contributed by atoms with Gasteiger partial charge >= 0.3 is 0 Å². The van der Waals surface area contributed by atoms with Crippen LogP contribution in [-0.2, 0) is 0 Å². The first-order valence-corrected chi connectivity index (χ1v) is 6.58. The lowest BCUT2D eigenvalue weighted by atomic mass is 10.1. The molecular formula is C15H16ClNO2. The molecular weight excluding hydrogens is 262 g/mol. The summed E-state index contributed by atoms with van der Waals surface area (Å²) in [5, 5.41) is 22.5. The van der Waals surface area contributed by atoms with Gasteiger partial charge in [0.1, 0.15) is 6.10 Å². The van der Waals surface area contributed by atoms with Crippen LogP contribution in [0.5, 0.6) is 0 Å². The van der Waals surface area contributed by atoms with Crippen molar-refractivity contribution in [2.45, 2.75) is 12.2 Å². The number of aliphatic hydroxyl groups is 2. The maximum absolute atomic E-state index is 9.81. The van der Waals surface area contributed by atoms with Crippen LogP contribution in [0.3, 0.4) is 0 Å².